The number of ether oxygens (including phenoxy) is 1. The zero-order valence-corrected chi connectivity index (χ0v) is 11.3. The molecule has 102 valence electrons. The van der Waals surface area contributed by atoms with Crippen molar-refractivity contribution in [1.82, 2.24) is 15.1 Å². The Morgan fingerprint density at radius 2 is 2.15 bits per heavy atom. The van der Waals surface area contributed by atoms with Crippen LogP contribution in [0.1, 0.15) is 11.7 Å². The topological polar surface area (TPSA) is 73.1 Å². The van der Waals surface area contributed by atoms with Gasteiger partial charge in [0, 0.05) is 17.0 Å². The van der Waals surface area contributed by atoms with Crippen molar-refractivity contribution in [3.05, 3.63) is 42.2 Å². The van der Waals surface area contributed by atoms with E-state index in [2.05, 4.69) is 20.4 Å². The maximum atomic E-state index is 5.35. The van der Waals surface area contributed by atoms with E-state index in [0.717, 1.165) is 22.3 Å². The number of benzene rings is 1. The van der Waals surface area contributed by atoms with Gasteiger partial charge in [-0.05, 0) is 19.1 Å². The number of rotatable bonds is 4. The molecule has 0 unspecified atom stereocenters. The highest BCUT2D eigenvalue weighted by atomic mass is 16.5. The van der Waals surface area contributed by atoms with Gasteiger partial charge in [0.25, 0.3) is 0 Å². The molecule has 0 saturated carbocycles. The van der Waals surface area contributed by atoms with Crippen molar-refractivity contribution >= 4 is 16.6 Å². The number of methoxy groups -OCH3 is 1. The average molecular weight is 270 g/mol. The summed E-state index contributed by atoms with van der Waals surface area (Å²) < 4.78 is 10.4. The number of pyridine rings is 1. The molecule has 6 heteroatoms. The van der Waals surface area contributed by atoms with Crippen LogP contribution in [0.15, 0.2) is 35.0 Å². The third-order valence-electron chi connectivity index (χ3n) is 2.96. The average Bonchev–Trinajstić information content (AvgIpc) is 2.90. The highest BCUT2D eigenvalue weighted by Gasteiger charge is 2.08. The first kappa shape index (κ1) is 12.4. The van der Waals surface area contributed by atoms with E-state index in [-0.39, 0.29) is 0 Å². The van der Waals surface area contributed by atoms with E-state index >= 15 is 0 Å². The Morgan fingerprint density at radius 1 is 1.25 bits per heavy atom. The molecule has 0 aliphatic carbocycles. The van der Waals surface area contributed by atoms with Gasteiger partial charge in [0.05, 0.1) is 13.7 Å². The minimum atomic E-state index is 0.435. The fraction of sp³-hybridized carbons (Fsp3) is 0.214. The monoisotopic (exact) mass is 270 g/mol. The highest BCUT2D eigenvalue weighted by Crippen LogP contribution is 2.29. The number of aryl methyl sites for hydroxylation is 1. The number of nitrogens with one attached hydrogen (secondary N) is 1. The Labute approximate surface area is 115 Å². The molecular formula is C14H14N4O2. The third kappa shape index (κ3) is 2.27. The lowest BCUT2D eigenvalue weighted by molar-refractivity contribution is 0.379. The van der Waals surface area contributed by atoms with Crippen LogP contribution in [-0.4, -0.2) is 22.2 Å². The minimum absolute atomic E-state index is 0.435. The molecule has 2 heterocycles. The van der Waals surface area contributed by atoms with E-state index in [9.17, 15) is 0 Å². The van der Waals surface area contributed by atoms with Gasteiger partial charge >= 0.3 is 0 Å². The van der Waals surface area contributed by atoms with E-state index in [4.69, 9.17) is 9.26 Å². The molecule has 3 rings (SSSR count). The SMILES string of the molecule is COc1cccc2c(NCc3nc(C)no3)nccc12. The Kier molecular flexibility index (Phi) is 3.20. The molecule has 20 heavy (non-hydrogen) atoms. The summed E-state index contributed by atoms with van der Waals surface area (Å²) in [6.07, 6.45) is 1.74. The van der Waals surface area contributed by atoms with Crippen molar-refractivity contribution in [3.63, 3.8) is 0 Å². The number of anilines is 1. The second-order valence-corrected chi connectivity index (χ2v) is 4.30. The van der Waals surface area contributed by atoms with Gasteiger partial charge in [-0.1, -0.05) is 17.3 Å². The lowest BCUT2D eigenvalue weighted by atomic mass is 10.1. The molecule has 0 radical (unpaired) electrons. The van der Waals surface area contributed by atoms with Crippen LogP contribution >= 0.6 is 0 Å². The molecule has 0 saturated heterocycles. The standard InChI is InChI=1S/C14H14N4O2/c1-9-17-13(20-18-9)8-16-14-11-4-3-5-12(19-2)10(11)6-7-15-14/h3-7H,8H2,1-2H3,(H,15,16). The molecule has 3 aromatic rings. The molecule has 0 spiro atoms. The summed E-state index contributed by atoms with van der Waals surface area (Å²) in [6, 6.07) is 7.78. The zero-order valence-electron chi connectivity index (χ0n) is 11.3. The summed E-state index contributed by atoms with van der Waals surface area (Å²) in [5.74, 6) is 2.73. The molecular weight excluding hydrogens is 256 g/mol. The number of aromatic nitrogens is 3. The van der Waals surface area contributed by atoms with Crippen LogP contribution in [-0.2, 0) is 6.54 Å². The summed E-state index contributed by atoms with van der Waals surface area (Å²) in [7, 11) is 1.66. The van der Waals surface area contributed by atoms with Gasteiger partial charge < -0.3 is 14.6 Å². The fourth-order valence-corrected chi connectivity index (χ4v) is 2.07. The predicted molar refractivity (Wildman–Crippen MR) is 74.7 cm³/mol. The summed E-state index contributed by atoms with van der Waals surface area (Å²) in [6.45, 7) is 2.22. The van der Waals surface area contributed by atoms with Crippen molar-refractivity contribution in [1.29, 1.82) is 0 Å². The van der Waals surface area contributed by atoms with E-state index in [1.807, 2.05) is 24.3 Å². The molecule has 1 N–H and O–H groups in total. The van der Waals surface area contributed by atoms with Gasteiger partial charge in [-0.2, -0.15) is 4.98 Å². The summed E-state index contributed by atoms with van der Waals surface area (Å²) in [4.78, 5) is 8.49. The van der Waals surface area contributed by atoms with Crippen LogP contribution in [0.3, 0.4) is 0 Å². The fourth-order valence-electron chi connectivity index (χ4n) is 2.07. The molecule has 1 aromatic carbocycles. The van der Waals surface area contributed by atoms with Crippen molar-refractivity contribution < 1.29 is 9.26 Å². The molecule has 0 aliphatic heterocycles. The van der Waals surface area contributed by atoms with Gasteiger partial charge in [0.1, 0.15) is 11.6 Å². The van der Waals surface area contributed by atoms with Gasteiger partial charge in [0.15, 0.2) is 5.82 Å². The predicted octanol–water partition coefficient (Wildman–Crippen LogP) is 2.55. The summed E-state index contributed by atoms with van der Waals surface area (Å²) >= 11 is 0. The Balaban J connectivity index is 1.91. The quantitative estimate of drug-likeness (QED) is 0.785. The molecule has 0 bridgehead atoms. The van der Waals surface area contributed by atoms with Crippen molar-refractivity contribution in [2.75, 3.05) is 12.4 Å². The zero-order chi connectivity index (χ0) is 13.9. The molecule has 0 amide bonds. The van der Waals surface area contributed by atoms with Crippen LogP contribution in [0.5, 0.6) is 5.75 Å². The molecule has 0 aliphatic rings. The third-order valence-corrected chi connectivity index (χ3v) is 2.96. The Hall–Kier alpha value is -2.63. The lowest BCUT2D eigenvalue weighted by Crippen LogP contribution is -2.02. The summed E-state index contributed by atoms with van der Waals surface area (Å²) in [5.41, 5.74) is 0. The number of nitrogens with zero attached hydrogens (tertiary/aromatic N) is 3. The highest BCUT2D eigenvalue weighted by molar-refractivity contribution is 5.95. The van der Waals surface area contributed by atoms with E-state index in [0.29, 0.717) is 18.3 Å². The number of hydrogen-bond donors (Lipinski definition) is 1. The normalized spacial score (nSPS) is 10.7. The first-order chi connectivity index (χ1) is 9.78. The largest absolute Gasteiger partial charge is 0.496 e. The number of hydrogen-bond acceptors (Lipinski definition) is 6. The minimum Gasteiger partial charge on any atom is -0.496 e. The van der Waals surface area contributed by atoms with E-state index in [1.165, 1.54) is 0 Å². The first-order valence-corrected chi connectivity index (χ1v) is 6.22. The van der Waals surface area contributed by atoms with Gasteiger partial charge in [-0.15, -0.1) is 0 Å². The van der Waals surface area contributed by atoms with Crippen molar-refractivity contribution in [2.24, 2.45) is 0 Å². The van der Waals surface area contributed by atoms with Crippen LogP contribution in [0.2, 0.25) is 0 Å². The lowest BCUT2D eigenvalue weighted by Gasteiger charge is -2.09. The van der Waals surface area contributed by atoms with Crippen molar-refractivity contribution in [3.8, 4) is 5.75 Å². The second-order valence-electron chi connectivity index (χ2n) is 4.30. The van der Waals surface area contributed by atoms with Gasteiger partial charge in [0.2, 0.25) is 5.89 Å². The van der Waals surface area contributed by atoms with Crippen molar-refractivity contribution in [2.45, 2.75) is 13.5 Å². The van der Waals surface area contributed by atoms with E-state index < -0.39 is 0 Å². The number of fused-ring (bicyclic) bond motifs is 1. The van der Waals surface area contributed by atoms with Crippen LogP contribution < -0.4 is 10.1 Å². The van der Waals surface area contributed by atoms with Crippen LogP contribution in [0, 0.1) is 6.92 Å². The van der Waals surface area contributed by atoms with Gasteiger partial charge in [-0.3, -0.25) is 0 Å². The molecule has 6 nitrogen and oxygen atoms in total. The first-order valence-electron chi connectivity index (χ1n) is 6.22. The Morgan fingerprint density at radius 3 is 2.90 bits per heavy atom. The van der Waals surface area contributed by atoms with Crippen LogP contribution in [0.25, 0.3) is 10.8 Å². The smallest absolute Gasteiger partial charge is 0.245 e. The van der Waals surface area contributed by atoms with Crippen LogP contribution in [0.4, 0.5) is 5.82 Å². The summed E-state index contributed by atoms with van der Waals surface area (Å²) in [5, 5.41) is 8.96. The van der Waals surface area contributed by atoms with Gasteiger partial charge in [-0.25, -0.2) is 4.98 Å². The maximum absolute atomic E-state index is 5.35. The van der Waals surface area contributed by atoms with E-state index in [1.54, 1.807) is 20.2 Å². The molecule has 0 atom stereocenters. The molecule has 0 fully saturated rings. The maximum Gasteiger partial charge on any atom is 0.245 e. The molecule has 2 aromatic heterocycles. The Bertz CT molecular complexity index is 739. The second kappa shape index (κ2) is 5.16.